The quantitative estimate of drug-likeness (QED) is 0.611. The lowest BCUT2D eigenvalue weighted by molar-refractivity contribution is 0.0937. The van der Waals surface area contributed by atoms with E-state index in [0.717, 1.165) is 6.42 Å². The Labute approximate surface area is 161 Å². The van der Waals surface area contributed by atoms with Crippen LogP contribution in [0.3, 0.4) is 0 Å². The van der Waals surface area contributed by atoms with E-state index >= 15 is 0 Å². The molecule has 0 radical (unpaired) electrons. The van der Waals surface area contributed by atoms with Crippen LogP contribution < -0.4 is 20.9 Å². The monoisotopic (exact) mass is 387 g/mol. The number of benzene rings is 1. The lowest BCUT2D eigenvalue weighted by atomic mass is 10.2. The third-order valence-corrected chi connectivity index (χ3v) is 4.55. The predicted molar refractivity (Wildman–Crippen MR) is 107 cm³/mol. The van der Waals surface area contributed by atoms with Crippen LogP contribution in [-0.4, -0.2) is 51.0 Å². The number of H-pyrrole nitrogens is 1. The van der Waals surface area contributed by atoms with Gasteiger partial charge >= 0.3 is 5.69 Å². The van der Waals surface area contributed by atoms with Gasteiger partial charge in [-0.15, -0.1) is 0 Å². The Kier molecular flexibility index (Phi) is 5.55. The molecule has 3 aromatic rings. The summed E-state index contributed by atoms with van der Waals surface area (Å²) in [7, 11) is 5.10. The third-order valence-electron chi connectivity index (χ3n) is 4.55. The van der Waals surface area contributed by atoms with Crippen molar-refractivity contribution >= 4 is 17.1 Å². The summed E-state index contributed by atoms with van der Waals surface area (Å²) in [4.78, 5) is 32.6. The highest BCUT2D eigenvalue weighted by atomic mass is 16.5. The summed E-state index contributed by atoms with van der Waals surface area (Å²) < 4.78 is 8.54. The van der Waals surface area contributed by atoms with Crippen molar-refractivity contribution in [3.8, 4) is 5.75 Å². The molecule has 9 heteroatoms. The van der Waals surface area contributed by atoms with Crippen LogP contribution in [0.25, 0.3) is 11.2 Å². The second-order valence-electron chi connectivity index (χ2n) is 6.87. The van der Waals surface area contributed by atoms with Crippen LogP contribution >= 0.6 is 0 Å². The number of aryl methyl sites for hydroxylation is 2. The zero-order valence-electron chi connectivity index (χ0n) is 16.5. The lowest BCUT2D eigenvalue weighted by Crippen LogP contribution is -2.31. The fraction of sp³-hybridized carbons (Fsp3) is 0.421. The molecule has 2 heterocycles. The minimum Gasteiger partial charge on any atom is -0.491 e. The van der Waals surface area contributed by atoms with Crippen LogP contribution in [0.15, 0.2) is 33.9 Å². The van der Waals surface area contributed by atoms with E-state index in [1.54, 1.807) is 23.6 Å². The van der Waals surface area contributed by atoms with E-state index in [1.807, 2.05) is 24.3 Å². The molecule has 2 N–H and O–H groups in total. The summed E-state index contributed by atoms with van der Waals surface area (Å²) in [5, 5.41) is 10.5. The number of hydrogen-bond donors (Lipinski definition) is 2. The Bertz CT molecular complexity index is 1080. The van der Waals surface area contributed by atoms with Crippen LogP contribution in [0, 0.1) is 0 Å². The van der Waals surface area contributed by atoms with E-state index in [-0.39, 0.29) is 24.3 Å². The predicted octanol–water partition coefficient (Wildman–Crippen LogP) is 0.492. The molecule has 0 aliphatic heterocycles. The summed E-state index contributed by atoms with van der Waals surface area (Å²) in [6.07, 6.45) is 0.0691. The molecule has 9 nitrogen and oxygen atoms in total. The summed E-state index contributed by atoms with van der Waals surface area (Å²) in [5.41, 5.74) is 0.630. The van der Waals surface area contributed by atoms with Gasteiger partial charge in [-0.05, 0) is 24.1 Å². The maximum absolute atomic E-state index is 12.4. The second kappa shape index (κ2) is 7.89. The Balaban J connectivity index is 1.86. The summed E-state index contributed by atoms with van der Waals surface area (Å²) in [6.45, 7) is 2.23. The van der Waals surface area contributed by atoms with Crippen molar-refractivity contribution in [2.24, 2.45) is 7.05 Å². The number of nitrogens with one attached hydrogen (secondary N) is 1. The lowest BCUT2D eigenvalue weighted by Gasteiger charge is -2.18. The molecule has 28 heavy (non-hydrogen) atoms. The maximum Gasteiger partial charge on any atom is 0.329 e. The average Bonchev–Trinajstić information content (AvgIpc) is 3.05. The summed E-state index contributed by atoms with van der Waals surface area (Å²) in [6, 6.07) is 7.69. The molecule has 0 amide bonds. The summed E-state index contributed by atoms with van der Waals surface area (Å²) >= 11 is 0. The Morgan fingerprint density at radius 1 is 1.25 bits per heavy atom. The first-order chi connectivity index (χ1) is 13.3. The highest BCUT2D eigenvalue weighted by Gasteiger charge is 2.20. The van der Waals surface area contributed by atoms with Gasteiger partial charge in [-0.2, -0.15) is 4.98 Å². The van der Waals surface area contributed by atoms with Crippen molar-refractivity contribution in [1.29, 1.82) is 0 Å². The Morgan fingerprint density at radius 2 is 1.93 bits per heavy atom. The molecule has 0 saturated heterocycles. The Hall–Kier alpha value is -3.07. The number of aromatic amines is 1. The number of aliphatic hydroxyl groups excluding tert-OH is 1. The number of aliphatic hydroxyl groups is 1. The van der Waals surface area contributed by atoms with E-state index in [1.165, 1.54) is 17.2 Å². The van der Waals surface area contributed by atoms with Crippen LogP contribution in [0.4, 0.5) is 5.95 Å². The van der Waals surface area contributed by atoms with Crippen LogP contribution in [0.1, 0.15) is 12.5 Å². The fourth-order valence-electron chi connectivity index (χ4n) is 3.01. The maximum atomic E-state index is 12.4. The number of hydrogen-bond acceptors (Lipinski definition) is 6. The first-order valence-electron chi connectivity index (χ1n) is 9.08. The van der Waals surface area contributed by atoms with Crippen molar-refractivity contribution in [3.05, 3.63) is 50.7 Å². The van der Waals surface area contributed by atoms with Crippen molar-refractivity contribution in [2.75, 3.05) is 25.6 Å². The van der Waals surface area contributed by atoms with E-state index in [0.29, 0.717) is 11.7 Å². The smallest absolute Gasteiger partial charge is 0.329 e. The molecule has 0 saturated carbocycles. The molecule has 0 unspecified atom stereocenters. The van der Waals surface area contributed by atoms with E-state index in [4.69, 9.17) is 4.74 Å². The molecule has 0 spiro atoms. The van der Waals surface area contributed by atoms with Gasteiger partial charge in [-0.1, -0.05) is 19.1 Å². The van der Waals surface area contributed by atoms with Gasteiger partial charge in [0.25, 0.3) is 5.56 Å². The normalized spacial score (nSPS) is 12.3. The zero-order valence-corrected chi connectivity index (χ0v) is 16.5. The van der Waals surface area contributed by atoms with E-state index in [2.05, 4.69) is 16.9 Å². The number of imidazole rings is 1. The highest BCUT2D eigenvalue weighted by molar-refractivity contribution is 5.74. The van der Waals surface area contributed by atoms with Gasteiger partial charge in [0.15, 0.2) is 11.2 Å². The van der Waals surface area contributed by atoms with Gasteiger partial charge in [0.05, 0.1) is 6.54 Å². The van der Waals surface area contributed by atoms with Crippen LogP contribution in [-0.2, 0) is 20.0 Å². The topological polar surface area (TPSA) is 105 Å². The number of aromatic nitrogens is 4. The second-order valence-corrected chi connectivity index (χ2v) is 6.87. The van der Waals surface area contributed by atoms with E-state index in [9.17, 15) is 14.7 Å². The average molecular weight is 387 g/mol. The molecule has 0 aliphatic carbocycles. The standard InChI is InChI=1S/C19H25N5O4/c1-5-12-6-8-14(9-7-12)28-11-13(25)10-24-15-16(20-18(24)22(2)3)23(4)19(27)21-17(15)26/h6-9,13,25H,5,10-11H2,1-4H3,(H,21,26,27)/t13-/m1/s1. The van der Waals surface area contributed by atoms with Gasteiger partial charge in [0.1, 0.15) is 18.5 Å². The SMILES string of the molecule is CCc1ccc(OC[C@H](O)Cn2c(N(C)C)nc3c2c(=O)[nH]c(=O)n3C)cc1. The van der Waals surface area contributed by atoms with Gasteiger partial charge < -0.3 is 19.3 Å². The molecule has 0 aliphatic rings. The van der Waals surface area contributed by atoms with Gasteiger partial charge in [0, 0.05) is 21.1 Å². The molecule has 0 bridgehead atoms. The van der Waals surface area contributed by atoms with Crippen molar-refractivity contribution < 1.29 is 9.84 Å². The van der Waals surface area contributed by atoms with E-state index < -0.39 is 17.4 Å². The molecule has 1 aromatic carbocycles. The first-order valence-corrected chi connectivity index (χ1v) is 9.08. The molecule has 0 fully saturated rings. The van der Waals surface area contributed by atoms with Crippen molar-refractivity contribution in [1.82, 2.24) is 19.1 Å². The largest absolute Gasteiger partial charge is 0.491 e. The molecular weight excluding hydrogens is 362 g/mol. The highest BCUT2D eigenvalue weighted by Crippen LogP contribution is 2.19. The number of rotatable bonds is 7. The Morgan fingerprint density at radius 3 is 2.54 bits per heavy atom. The van der Waals surface area contributed by atoms with Gasteiger partial charge in [-0.25, -0.2) is 4.79 Å². The summed E-state index contributed by atoms with van der Waals surface area (Å²) in [5.74, 6) is 1.13. The number of ether oxygens (including phenoxy) is 1. The molecular formula is C19H25N5O4. The third kappa shape index (κ3) is 3.79. The number of nitrogens with zero attached hydrogens (tertiary/aromatic N) is 4. The minimum absolute atomic E-state index is 0.0572. The minimum atomic E-state index is -0.876. The van der Waals surface area contributed by atoms with Gasteiger partial charge in [-0.3, -0.25) is 14.3 Å². The van der Waals surface area contributed by atoms with Crippen molar-refractivity contribution in [3.63, 3.8) is 0 Å². The van der Waals surface area contributed by atoms with Crippen LogP contribution in [0.5, 0.6) is 5.75 Å². The number of fused-ring (bicyclic) bond motifs is 1. The van der Waals surface area contributed by atoms with Crippen molar-refractivity contribution in [2.45, 2.75) is 26.0 Å². The molecule has 2 aromatic heterocycles. The zero-order chi connectivity index (χ0) is 20.4. The van der Waals surface area contributed by atoms with Crippen LogP contribution in [0.2, 0.25) is 0 Å². The number of anilines is 1. The van der Waals surface area contributed by atoms with Gasteiger partial charge in [0.2, 0.25) is 5.95 Å². The fourth-order valence-corrected chi connectivity index (χ4v) is 3.01. The molecule has 150 valence electrons. The first kappa shape index (κ1) is 19.7. The molecule has 1 atom stereocenters. The molecule has 3 rings (SSSR count).